The zero-order valence-corrected chi connectivity index (χ0v) is 16.6. The van der Waals surface area contributed by atoms with Crippen LogP contribution in [-0.4, -0.2) is 21.2 Å². The summed E-state index contributed by atoms with van der Waals surface area (Å²) in [6.07, 6.45) is 2.37. The van der Waals surface area contributed by atoms with Crippen molar-refractivity contribution in [1.82, 2.24) is 4.98 Å². The van der Waals surface area contributed by atoms with Crippen LogP contribution in [0.1, 0.15) is 18.1 Å². The number of phenolic OH excluding ortho intramolecular Hbond substituents is 1. The van der Waals surface area contributed by atoms with E-state index in [1.807, 2.05) is 18.2 Å². The van der Waals surface area contributed by atoms with Gasteiger partial charge in [0.2, 0.25) is 5.89 Å². The van der Waals surface area contributed by atoms with E-state index in [9.17, 15) is 15.2 Å². The first-order chi connectivity index (χ1) is 14.4. The standard InChI is InChI=1S/C22H16ClN3O4/c1-2-13-4-8-21-18(9-13)25-22(30-21)16-11-15(5-7-20(16)27)24-12-14-3-6-17(23)19(10-14)26(28)29/h3-12,27H,2H2,1H3. The molecule has 0 fully saturated rings. The largest absolute Gasteiger partial charge is 0.507 e. The van der Waals surface area contributed by atoms with Gasteiger partial charge < -0.3 is 9.52 Å². The van der Waals surface area contributed by atoms with Gasteiger partial charge in [0, 0.05) is 12.3 Å². The maximum atomic E-state index is 11.0. The van der Waals surface area contributed by atoms with Crippen molar-refractivity contribution in [3.8, 4) is 17.2 Å². The number of aromatic nitrogens is 1. The van der Waals surface area contributed by atoms with Gasteiger partial charge in [-0.2, -0.15) is 0 Å². The van der Waals surface area contributed by atoms with Crippen molar-refractivity contribution in [3.63, 3.8) is 0 Å². The van der Waals surface area contributed by atoms with Crippen LogP contribution in [0.4, 0.5) is 11.4 Å². The third-order valence-corrected chi connectivity index (χ3v) is 4.92. The second-order valence-corrected chi connectivity index (χ2v) is 7.01. The molecule has 4 aromatic rings. The van der Waals surface area contributed by atoms with Crippen LogP contribution in [0.3, 0.4) is 0 Å². The molecule has 0 saturated carbocycles. The highest BCUT2D eigenvalue weighted by Gasteiger charge is 2.14. The van der Waals surface area contributed by atoms with Gasteiger partial charge in [-0.25, -0.2) is 4.98 Å². The molecule has 4 rings (SSSR count). The van der Waals surface area contributed by atoms with Gasteiger partial charge >= 0.3 is 0 Å². The SMILES string of the molecule is CCc1ccc2oc(-c3cc(N=Cc4ccc(Cl)c([N+](=O)[O-])c4)ccc3O)nc2c1. The normalized spacial score (nSPS) is 11.4. The third-order valence-electron chi connectivity index (χ3n) is 4.60. The van der Waals surface area contributed by atoms with E-state index in [1.165, 1.54) is 24.4 Å². The quantitative estimate of drug-likeness (QED) is 0.239. The summed E-state index contributed by atoms with van der Waals surface area (Å²) < 4.78 is 5.79. The number of nitro groups is 1. The predicted molar refractivity (Wildman–Crippen MR) is 116 cm³/mol. The number of fused-ring (bicyclic) bond motifs is 1. The number of rotatable bonds is 5. The molecule has 1 heterocycles. The van der Waals surface area contributed by atoms with E-state index in [-0.39, 0.29) is 22.4 Å². The van der Waals surface area contributed by atoms with Gasteiger partial charge in [0.1, 0.15) is 16.3 Å². The van der Waals surface area contributed by atoms with Crippen LogP contribution >= 0.6 is 11.6 Å². The number of oxazole rings is 1. The molecular formula is C22H16ClN3O4. The van der Waals surface area contributed by atoms with E-state index in [1.54, 1.807) is 18.2 Å². The highest BCUT2D eigenvalue weighted by molar-refractivity contribution is 6.32. The number of aromatic hydroxyl groups is 1. The van der Waals surface area contributed by atoms with Crippen LogP contribution in [-0.2, 0) is 6.42 Å². The van der Waals surface area contributed by atoms with Gasteiger partial charge in [-0.15, -0.1) is 0 Å². The Morgan fingerprint density at radius 3 is 2.80 bits per heavy atom. The van der Waals surface area contributed by atoms with Crippen molar-refractivity contribution >= 4 is 40.3 Å². The molecule has 7 nitrogen and oxygen atoms in total. The fraction of sp³-hybridized carbons (Fsp3) is 0.0909. The van der Waals surface area contributed by atoms with Crippen molar-refractivity contribution in [2.24, 2.45) is 4.99 Å². The second-order valence-electron chi connectivity index (χ2n) is 6.60. The van der Waals surface area contributed by atoms with Crippen LogP contribution in [0, 0.1) is 10.1 Å². The summed E-state index contributed by atoms with van der Waals surface area (Å²) >= 11 is 5.84. The molecule has 0 amide bonds. The number of phenols is 1. The summed E-state index contributed by atoms with van der Waals surface area (Å²) in [5, 5.41) is 21.4. The van der Waals surface area contributed by atoms with Crippen LogP contribution in [0.5, 0.6) is 5.75 Å². The van der Waals surface area contributed by atoms with E-state index in [0.717, 1.165) is 12.0 Å². The van der Waals surface area contributed by atoms with Crippen molar-refractivity contribution in [1.29, 1.82) is 0 Å². The Morgan fingerprint density at radius 1 is 1.20 bits per heavy atom. The number of halogens is 1. The lowest BCUT2D eigenvalue weighted by Gasteiger charge is -2.02. The molecule has 0 bridgehead atoms. The molecule has 0 radical (unpaired) electrons. The topological polar surface area (TPSA) is 102 Å². The molecule has 3 aromatic carbocycles. The summed E-state index contributed by atoms with van der Waals surface area (Å²) in [7, 11) is 0. The Labute approximate surface area is 176 Å². The molecule has 0 aliphatic rings. The minimum Gasteiger partial charge on any atom is -0.507 e. The van der Waals surface area contributed by atoms with E-state index < -0.39 is 4.92 Å². The lowest BCUT2D eigenvalue weighted by Crippen LogP contribution is -1.91. The van der Waals surface area contributed by atoms with Crippen molar-refractivity contribution in [3.05, 3.63) is 80.9 Å². The molecule has 0 unspecified atom stereocenters. The van der Waals surface area contributed by atoms with E-state index in [0.29, 0.717) is 27.9 Å². The van der Waals surface area contributed by atoms with E-state index in [4.69, 9.17) is 16.0 Å². The monoisotopic (exact) mass is 421 g/mol. The number of nitro benzene ring substituents is 1. The van der Waals surface area contributed by atoms with Crippen LogP contribution < -0.4 is 0 Å². The highest BCUT2D eigenvalue weighted by atomic mass is 35.5. The van der Waals surface area contributed by atoms with Gasteiger partial charge in [0.05, 0.1) is 16.2 Å². The minimum absolute atomic E-state index is 0.0124. The number of aryl methyl sites for hydroxylation is 1. The third kappa shape index (κ3) is 3.88. The first kappa shape index (κ1) is 19.6. The summed E-state index contributed by atoms with van der Waals surface area (Å²) in [5.74, 6) is 0.299. The zero-order chi connectivity index (χ0) is 21.3. The maximum absolute atomic E-state index is 11.0. The predicted octanol–water partition coefficient (Wildman–Crippen LogP) is 6.08. The molecule has 0 saturated heterocycles. The average Bonchev–Trinajstić information content (AvgIpc) is 3.16. The highest BCUT2D eigenvalue weighted by Crippen LogP contribution is 2.34. The molecule has 0 aliphatic carbocycles. The maximum Gasteiger partial charge on any atom is 0.288 e. The molecule has 1 N–H and O–H groups in total. The Morgan fingerprint density at radius 2 is 2.03 bits per heavy atom. The van der Waals surface area contributed by atoms with Gasteiger partial charge in [0.25, 0.3) is 5.69 Å². The van der Waals surface area contributed by atoms with Gasteiger partial charge in [-0.1, -0.05) is 30.7 Å². The Hall–Kier alpha value is -3.71. The molecule has 30 heavy (non-hydrogen) atoms. The Kier molecular flexibility index (Phi) is 5.20. The fourth-order valence-corrected chi connectivity index (χ4v) is 3.17. The molecule has 1 aromatic heterocycles. The number of hydrogen-bond acceptors (Lipinski definition) is 6. The molecule has 0 spiro atoms. The number of aliphatic imine (C=N–C) groups is 1. The molecule has 8 heteroatoms. The summed E-state index contributed by atoms with van der Waals surface area (Å²) in [4.78, 5) is 19.3. The van der Waals surface area contributed by atoms with Gasteiger partial charge in [-0.05, 0) is 53.9 Å². The number of nitrogens with zero attached hydrogens (tertiary/aromatic N) is 3. The molecule has 0 aliphatic heterocycles. The molecular weight excluding hydrogens is 406 g/mol. The number of benzene rings is 3. The summed E-state index contributed by atoms with van der Waals surface area (Å²) in [6, 6.07) is 15.0. The summed E-state index contributed by atoms with van der Waals surface area (Å²) in [6.45, 7) is 2.06. The Balaban J connectivity index is 1.68. The average molecular weight is 422 g/mol. The second kappa shape index (κ2) is 7.96. The minimum atomic E-state index is -0.546. The molecule has 0 atom stereocenters. The van der Waals surface area contributed by atoms with Gasteiger partial charge in [0.15, 0.2) is 5.58 Å². The van der Waals surface area contributed by atoms with Crippen LogP contribution in [0.2, 0.25) is 5.02 Å². The smallest absolute Gasteiger partial charge is 0.288 e. The van der Waals surface area contributed by atoms with E-state index in [2.05, 4.69) is 16.9 Å². The fourth-order valence-electron chi connectivity index (χ4n) is 2.98. The van der Waals surface area contributed by atoms with Crippen molar-refractivity contribution in [2.75, 3.05) is 0 Å². The van der Waals surface area contributed by atoms with Crippen LogP contribution in [0.25, 0.3) is 22.6 Å². The molecule has 150 valence electrons. The Bertz CT molecular complexity index is 1300. The van der Waals surface area contributed by atoms with Crippen LogP contribution in [0.15, 0.2) is 64.0 Å². The van der Waals surface area contributed by atoms with Crippen molar-refractivity contribution < 1.29 is 14.4 Å². The lowest BCUT2D eigenvalue weighted by atomic mass is 10.1. The number of hydrogen-bond donors (Lipinski definition) is 1. The lowest BCUT2D eigenvalue weighted by molar-refractivity contribution is -0.384. The van der Waals surface area contributed by atoms with Gasteiger partial charge in [-0.3, -0.25) is 15.1 Å². The summed E-state index contributed by atoms with van der Waals surface area (Å²) in [5.41, 5.74) is 3.74. The first-order valence-corrected chi connectivity index (χ1v) is 9.53. The zero-order valence-electron chi connectivity index (χ0n) is 15.9. The van der Waals surface area contributed by atoms with E-state index >= 15 is 0 Å². The van der Waals surface area contributed by atoms with Crippen molar-refractivity contribution in [2.45, 2.75) is 13.3 Å². The first-order valence-electron chi connectivity index (χ1n) is 9.15.